The molecule has 0 spiro atoms. The van der Waals surface area contributed by atoms with Crippen LogP contribution in [0, 0.1) is 11.8 Å². The maximum atomic E-state index is 11.6. The number of nitrogens with zero attached hydrogens (tertiary/aromatic N) is 1. The number of allylic oxidation sites excluding steroid dienone is 3. The van der Waals surface area contributed by atoms with E-state index in [4.69, 9.17) is 0 Å². The van der Waals surface area contributed by atoms with Crippen LogP contribution in [0.2, 0.25) is 0 Å². The average molecular weight is 163 g/mol. The lowest BCUT2D eigenvalue weighted by Crippen LogP contribution is -2.42. The summed E-state index contributed by atoms with van der Waals surface area (Å²) in [6.45, 7) is 0.901. The van der Waals surface area contributed by atoms with E-state index < -0.39 is 0 Å². The van der Waals surface area contributed by atoms with Gasteiger partial charge in [0.05, 0.1) is 5.92 Å². The molecule has 1 aliphatic carbocycles. The molecule has 0 bridgehead atoms. The molecule has 0 saturated carbocycles. The van der Waals surface area contributed by atoms with Crippen LogP contribution >= 0.6 is 0 Å². The lowest BCUT2D eigenvalue weighted by Gasteiger charge is -2.34. The molecule has 1 amide bonds. The van der Waals surface area contributed by atoms with Crippen molar-refractivity contribution in [2.75, 3.05) is 13.6 Å². The molecule has 1 fully saturated rings. The maximum Gasteiger partial charge on any atom is 0.229 e. The number of likely N-dealkylation sites (tertiary alicyclic amines) is 1. The second-order valence-electron chi connectivity index (χ2n) is 3.51. The molecular weight excluding hydrogens is 150 g/mol. The molecule has 0 aromatic rings. The van der Waals surface area contributed by atoms with Crippen LogP contribution in [-0.4, -0.2) is 24.4 Å². The molecule has 1 heterocycles. The number of carbonyl (C=O) groups excluding carboxylic acids is 1. The zero-order valence-electron chi connectivity index (χ0n) is 7.23. The number of hydrogen-bond acceptors (Lipinski definition) is 1. The highest BCUT2D eigenvalue weighted by atomic mass is 16.2. The van der Waals surface area contributed by atoms with Gasteiger partial charge in [0.1, 0.15) is 0 Å². The third-order valence-corrected chi connectivity index (χ3v) is 2.71. The van der Waals surface area contributed by atoms with E-state index >= 15 is 0 Å². The largest absolute Gasteiger partial charge is 0.345 e. The van der Waals surface area contributed by atoms with E-state index in [0.29, 0.717) is 5.92 Å². The van der Waals surface area contributed by atoms with Crippen LogP contribution in [0.4, 0.5) is 0 Å². The number of amides is 1. The van der Waals surface area contributed by atoms with Crippen LogP contribution in [0.5, 0.6) is 0 Å². The quantitative estimate of drug-likeness (QED) is 0.525. The molecule has 0 radical (unpaired) electrons. The summed E-state index contributed by atoms with van der Waals surface area (Å²) < 4.78 is 0. The zero-order chi connectivity index (χ0) is 8.55. The lowest BCUT2D eigenvalue weighted by atomic mass is 9.82. The van der Waals surface area contributed by atoms with E-state index in [1.807, 2.05) is 30.2 Å². The first-order chi connectivity index (χ1) is 5.79. The number of rotatable bonds is 0. The van der Waals surface area contributed by atoms with Gasteiger partial charge in [-0.3, -0.25) is 4.79 Å². The minimum absolute atomic E-state index is 0.119. The summed E-state index contributed by atoms with van der Waals surface area (Å²) in [6, 6.07) is 0. The first-order valence-electron chi connectivity index (χ1n) is 4.39. The van der Waals surface area contributed by atoms with Gasteiger partial charge in [-0.15, -0.1) is 0 Å². The van der Waals surface area contributed by atoms with E-state index in [1.54, 1.807) is 0 Å². The van der Waals surface area contributed by atoms with Gasteiger partial charge < -0.3 is 4.90 Å². The summed E-state index contributed by atoms with van der Waals surface area (Å²) in [5.41, 5.74) is 0. The standard InChI is InChI=1S/C10H13NO/c1-11-7-6-8-4-2-3-5-9(8)10(11)12/h2-5,8-9H,6-7H2,1H3. The molecule has 12 heavy (non-hydrogen) atoms. The van der Waals surface area contributed by atoms with Crippen LogP contribution in [0.1, 0.15) is 6.42 Å². The third kappa shape index (κ3) is 1.07. The highest BCUT2D eigenvalue weighted by Gasteiger charge is 2.32. The first kappa shape index (κ1) is 7.59. The van der Waals surface area contributed by atoms with Crippen molar-refractivity contribution in [1.29, 1.82) is 0 Å². The van der Waals surface area contributed by atoms with Gasteiger partial charge in [-0.2, -0.15) is 0 Å². The molecule has 0 aromatic carbocycles. The number of carbonyl (C=O) groups is 1. The third-order valence-electron chi connectivity index (χ3n) is 2.71. The number of hydrogen-bond donors (Lipinski definition) is 0. The predicted molar refractivity (Wildman–Crippen MR) is 47.5 cm³/mol. The molecule has 2 heteroatoms. The summed E-state index contributed by atoms with van der Waals surface area (Å²) in [5, 5.41) is 0. The topological polar surface area (TPSA) is 20.3 Å². The van der Waals surface area contributed by atoms with Crippen molar-refractivity contribution in [3.05, 3.63) is 24.3 Å². The minimum atomic E-state index is 0.119. The van der Waals surface area contributed by atoms with Crippen molar-refractivity contribution >= 4 is 5.91 Å². The van der Waals surface area contributed by atoms with Gasteiger partial charge in [-0.05, 0) is 12.3 Å². The van der Waals surface area contributed by atoms with Crippen LogP contribution in [0.15, 0.2) is 24.3 Å². The molecule has 1 saturated heterocycles. The van der Waals surface area contributed by atoms with Crippen molar-refractivity contribution in [3.63, 3.8) is 0 Å². The zero-order valence-corrected chi connectivity index (χ0v) is 7.23. The van der Waals surface area contributed by atoms with Crippen LogP contribution in [-0.2, 0) is 4.79 Å². The summed E-state index contributed by atoms with van der Waals surface area (Å²) in [5.74, 6) is 0.847. The van der Waals surface area contributed by atoms with E-state index in [-0.39, 0.29) is 11.8 Å². The summed E-state index contributed by atoms with van der Waals surface area (Å²) in [6.07, 6.45) is 9.28. The van der Waals surface area contributed by atoms with Crippen molar-refractivity contribution < 1.29 is 4.79 Å². The minimum Gasteiger partial charge on any atom is -0.345 e. The smallest absolute Gasteiger partial charge is 0.229 e. The summed E-state index contributed by atoms with van der Waals surface area (Å²) in [7, 11) is 1.88. The molecule has 2 aliphatic rings. The lowest BCUT2D eigenvalue weighted by molar-refractivity contribution is -0.136. The summed E-state index contributed by atoms with van der Waals surface area (Å²) >= 11 is 0. The SMILES string of the molecule is CN1CCC2C=CC=CC2C1=O. The van der Waals surface area contributed by atoms with Crippen molar-refractivity contribution in [2.24, 2.45) is 11.8 Å². The van der Waals surface area contributed by atoms with Gasteiger partial charge in [0.2, 0.25) is 5.91 Å². The highest BCUT2D eigenvalue weighted by Crippen LogP contribution is 2.28. The van der Waals surface area contributed by atoms with Gasteiger partial charge in [0.25, 0.3) is 0 Å². The van der Waals surface area contributed by atoms with E-state index in [2.05, 4.69) is 6.08 Å². The average Bonchev–Trinajstić information content (AvgIpc) is 2.12. The number of fused-ring (bicyclic) bond motifs is 1. The fourth-order valence-corrected chi connectivity index (χ4v) is 1.90. The number of piperidine rings is 1. The Balaban J connectivity index is 2.21. The molecule has 2 rings (SSSR count). The fourth-order valence-electron chi connectivity index (χ4n) is 1.90. The molecule has 64 valence electrons. The molecular formula is C10H13NO. The van der Waals surface area contributed by atoms with Crippen LogP contribution in [0.25, 0.3) is 0 Å². The normalized spacial score (nSPS) is 33.8. The predicted octanol–water partition coefficient (Wildman–Crippen LogP) is 1.21. The van der Waals surface area contributed by atoms with Gasteiger partial charge in [-0.1, -0.05) is 24.3 Å². The van der Waals surface area contributed by atoms with Crippen LogP contribution < -0.4 is 0 Å². The Kier molecular flexibility index (Phi) is 1.75. The van der Waals surface area contributed by atoms with Gasteiger partial charge >= 0.3 is 0 Å². The van der Waals surface area contributed by atoms with Gasteiger partial charge in [0, 0.05) is 13.6 Å². The molecule has 0 aromatic heterocycles. The van der Waals surface area contributed by atoms with E-state index in [9.17, 15) is 4.79 Å². The first-order valence-corrected chi connectivity index (χ1v) is 4.39. The second-order valence-corrected chi connectivity index (χ2v) is 3.51. The maximum absolute atomic E-state index is 11.6. The monoisotopic (exact) mass is 163 g/mol. The molecule has 2 nitrogen and oxygen atoms in total. The van der Waals surface area contributed by atoms with E-state index in [0.717, 1.165) is 13.0 Å². The van der Waals surface area contributed by atoms with Crippen molar-refractivity contribution in [1.82, 2.24) is 4.90 Å². The molecule has 0 N–H and O–H groups in total. The van der Waals surface area contributed by atoms with E-state index in [1.165, 1.54) is 0 Å². The Morgan fingerprint density at radius 3 is 3.00 bits per heavy atom. The Morgan fingerprint density at radius 2 is 2.17 bits per heavy atom. The molecule has 1 aliphatic heterocycles. The van der Waals surface area contributed by atoms with Gasteiger partial charge in [-0.25, -0.2) is 0 Å². The Hall–Kier alpha value is -1.05. The van der Waals surface area contributed by atoms with Gasteiger partial charge in [0.15, 0.2) is 0 Å². The Morgan fingerprint density at radius 1 is 1.42 bits per heavy atom. The second kappa shape index (κ2) is 2.77. The Labute approximate surface area is 72.6 Å². The van der Waals surface area contributed by atoms with Crippen molar-refractivity contribution in [2.45, 2.75) is 6.42 Å². The summed E-state index contributed by atoms with van der Waals surface area (Å²) in [4.78, 5) is 13.4. The molecule has 2 atom stereocenters. The fraction of sp³-hybridized carbons (Fsp3) is 0.500. The van der Waals surface area contributed by atoms with Crippen molar-refractivity contribution in [3.8, 4) is 0 Å². The molecule has 2 unspecified atom stereocenters. The highest BCUT2D eigenvalue weighted by molar-refractivity contribution is 5.82. The Bertz CT molecular complexity index is 255. The van der Waals surface area contributed by atoms with Crippen LogP contribution in [0.3, 0.4) is 0 Å².